The van der Waals surface area contributed by atoms with Gasteiger partial charge >= 0.3 is 6.18 Å². The Bertz CT molecular complexity index is 947. The second-order valence-electron chi connectivity index (χ2n) is 6.50. The van der Waals surface area contributed by atoms with Crippen LogP contribution in [0.15, 0.2) is 46.6 Å². The van der Waals surface area contributed by atoms with Gasteiger partial charge in [0.2, 0.25) is 11.1 Å². The second-order valence-corrected chi connectivity index (χ2v) is 7.49. The summed E-state index contributed by atoms with van der Waals surface area (Å²) in [6.07, 6.45) is -2.33. The van der Waals surface area contributed by atoms with Gasteiger partial charge in [0.25, 0.3) is 0 Å². The molecule has 0 unspecified atom stereocenters. The third kappa shape index (κ3) is 3.82. The highest BCUT2D eigenvalue weighted by atomic mass is 32.2. The van der Waals surface area contributed by atoms with Crippen LogP contribution in [-0.2, 0) is 6.18 Å². The summed E-state index contributed by atoms with van der Waals surface area (Å²) in [7, 11) is 0. The zero-order valence-corrected chi connectivity index (χ0v) is 15.8. The zero-order valence-electron chi connectivity index (χ0n) is 15.0. The van der Waals surface area contributed by atoms with E-state index in [-0.39, 0.29) is 0 Å². The molecule has 0 amide bonds. The van der Waals surface area contributed by atoms with E-state index in [4.69, 9.17) is 0 Å². The minimum absolute atomic E-state index is 0.321. The Morgan fingerprint density at radius 2 is 1.61 bits per heavy atom. The Balaban J connectivity index is 1.69. The number of aryl methyl sites for hydroxylation is 1. The van der Waals surface area contributed by atoms with E-state index in [1.807, 2.05) is 35.8 Å². The number of nitrogens with zero attached hydrogens (tertiary/aromatic N) is 6. The predicted octanol–water partition coefficient (Wildman–Crippen LogP) is 4.14. The van der Waals surface area contributed by atoms with Crippen molar-refractivity contribution >= 4 is 17.7 Å². The quantitative estimate of drug-likeness (QED) is 0.649. The molecule has 4 rings (SSSR count). The molecule has 6 nitrogen and oxygen atoms in total. The van der Waals surface area contributed by atoms with Crippen molar-refractivity contribution in [3.05, 3.63) is 47.7 Å². The number of halogens is 3. The lowest BCUT2D eigenvalue weighted by Gasteiger charge is -2.18. The molecule has 0 saturated carbocycles. The lowest BCUT2D eigenvalue weighted by molar-refractivity contribution is -0.141. The minimum atomic E-state index is -4.51. The molecule has 0 aliphatic carbocycles. The van der Waals surface area contributed by atoms with Crippen LogP contribution in [0.1, 0.15) is 24.1 Å². The van der Waals surface area contributed by atoms with E-state index in [2.05, 4.69) is 25.3 Å². The molecular weight excluding hydrogens is 389 g/mol. The summed E-state index contributed by atoms with van der Waals surface area (Å²) in [4.78, 5) is 2.16. The van der Waals surface area contributed by atoms with E-state index in [1.165, 1.54) is 6.07 Å². The maximum atomic E-state index is 12.7. The first-order chi connectivity index (χ1) is 13.4. The summed E-state index contributed by atoms with van der Waals surface area (Å²) in [5.74, 6) is 0.726. The topological polar surface area (TPSA) is 59.7 Å². The summed E-state index contributed by atoms with van der Waals surface area (Å²) in [6, 6.07) is 10.2. The van der Waals surface area contributed by atoms with Crippen LogP contribution in [0.3, 0.4) is 0 Å². The number of benzene rings is 1. The van der Waals surface area contributed by atoms with Gasteiger partial charge in [-0.15, -0.1) is 20.4 Å². The average molecular weight is 406 g/mol. The molecule has 0 radical (unpaired) electrons. The van der Waals surface area contributed by atoms with Crippen molar-refractivity contribution in [2.45, 2.75) is 36.1 Å². The van der Waals surface area contributed by atoms with Crippen LogP contribution in [0.4, 0.5) is 19.1 Å². The highest BCUT2D eigenvalue weighted by Gasteiger charge is 2.33. The van der Waals surface area contributed by atoms with Crippen LogP contribution in [0.25, 0.3) is 5.69 Å². The van der Waals surface area contributed by atoms with Crippen molar-refractivity contribution in [2.75, 3.05) is 18.0 Å². The lowest BCUT2D eigenvalue weighted by Crippen LogP contribution is -2.22. The fraction of sp³-hybridized carbons (Fsp3) is 0.333. The molecular formula is C18H17F3N6S. The first kappa shape index (κ1) is 18.7. The fourth-order valence-corrected chi connectivity index (χ4v) is 3.75. The van der Waals surface area contributed by atoms with E-state index >= 15 is 0 Å². The van der Waals surface area contributed by atoms with Crippen molar-refractivity contribution in [1.82, 2.24) is 25.0 Å². The third-order valence-corrected chi connectivity index (χ3v) is 5.30. The smallest absolute Gasteiger partial charge is 0.341 e. The molecule has 0 atom stereocenters. The van der Waals surface area contributed by atoms with Gasteiger partial charge < -0.3 is 4.90 Å². The van der Waals surface area contributed by atoms with Crippen LogP contribution in [0, 0.1) is 6.92 Å². The molecule has 3 heterocycles. The Kier molecular flexibility index (Phi) is 4.96. The molecule has 1 fully saturated rings. The van der Waals surface area contributed by atoms with Gasteiger partial charge in [-0.2, -0.15) is 13.2 Å². The first-order valence-electron chi connectivity index (χ1n) is 8.78. The summed E-state index contributed by atoms with van der Waals surface area (Å²) in [5, 5.41) is 16.4. The maximum Gasteiger partial charge on any atom is 0.435 e. The highest BCUT2D eigenvalue weighted by Crippen LogP contribution is 2.33. The van der Waals surface area contributed by atoms with Crippen LogP contribution in [0.5, 0.6) is 0 Å². The number of aromatic nitrogens is 5. The van der Waals surface area contributed by atoms with Crippen LogP contribution >= 0.6 is 11.8 Å². The fourth-order valence-electron chi connectivity index (χ4n) is 2.99. The van der Waals surface area contributed by atoms with E-state index in [9.17, 15) is 13.2 Å². The number of rotatable bonds is 4. The number of hydrogen-bond acceptors (Lipinski definition) is 6. The van der Waals surface area contributed by atoms with E-state index in [1.54, 1.807) is 0 Å². The largest absolute Gasteiger partial charge is 0.435 e. The van der Waals surface area contributed by atoms with Crippen molar-refractivity contribution in [1.29, 1.82) is 0 Å². The van der Waals surface area contributed by atoms with Crippen molar-refractivity contribution < 1.29 is 13.2 Å². The van der Waals surface area contributed by atoms with Crippen molar-refractivity contribution in [3.63, 3.8) is 0 Å². The molecule has 1 aliphatic rings. The normalized spacial score (nSPS) is 14.6. The highest BCUT2D eigenvalue weighted by molar-refractivity contribution is 7.99. The Hall–Kier alpha value is -2.62. The standard InChI is InChI=1S/C18H17F3N6S/c1-12-4-6-13(7-5-12)27-16(26-10-2-3-11-26)24-25-17(27)28-15-9-8-14(22-23-15)18(19,20)21/h4-9H,2-3,10-11H2,1H3. The molecule has 0 spiro atoms. The van der Waals surface area contributed by atoms with Crippen molar-refractivity contribution in [2.24, 2.45) is 0 Å². The summed E-state index contributed by atoms with van der Waals surface area (Å²) < 4.78 is 40.0. The Morgan fingerprint density at radius 1 is 0.893 bits per heavy atom. The molecule has 10 heteroatoms. The molecule has 2 aromatic heterocycles. The molecule has 0 bridgehead atoms. The van der Waals surface area contributed by atoms with E-state index < -0.39 is 11.9 Å². The average Bonchev–Trinajstić information content (AvgIpc) is 3.32. The van der Waals surface area contributed by atoms with Crippen LogP contribution in [-0.4, -0.2) is 38.1 Å². The number of alkyl halides is 3. The maximum absolute atomic E-state index is 12.7. The summed E-state index contributed by atoms with van der Waals surface area (Å²) in [5.41, 5.74) is 0.997. The monoisotopic (exact) mass is 406 g/mol. The first-order valence-corrected chi connectivity index (χ1v) is 9.60. The zero-order chi connectivity index (χ0) is 19.7. The Morgan fingerprint density at radius 3 is 2.21 bits per heavy atom. The summed E-state index contributed by atoms with van der Waals surface area (Å²) >= 11 is 1.13. The van der Waals surface area contributed by atoms with E-state index in [0.29, 0.717) is 10.2 Å². The molecule has 28 heavy (non-hydrogen) atoms. The Labute approximate surface area is 163 Å². The van der Waals surface area contributed by atoms with Gasteiger partial charge in [-0.05, 0) is 55.8 Å². The van der Waals surface area contributed by atoms with Gasteiger partial charge in [-0.3, -0.25) is 4.57 Å². The number of hydrogen-bond donors (Lipinski definition) is 0. The molecule has 0 N–H and O–H groups in total. The van der Waals surface area contributed by atoms with Gasteiger partial charge in [0.1, 0.15) is 5.03 Å². The van der Waals surface area contributed by atoms with Gasteiger partial charge in [0, 0.05) is 13.1 Å². The van der Waals surface area contributed by atoms with Gasteiger partial charge in [0.15, 0.2) is 5.69 Å². The number of anilines is 1. The summed E-state index contributed by atoms with van der Waals surface area (Å²) in [6.45, 7) is 3.80. The third-order valence-electron chi connectivity index (χ3n) is 4.42. The van der Waals surface area contributed by atoms with Gasteiger partial charge in [-0.25, -0.2) is 0 Å². The molecule has 3 aromatic rings. The molecule has 1 aromatic carbocycles. The van der Waals surface area contributed by atoms with E-state index in [0.717, 1.165) is 61.0 Å². The molecule has 1 saturated heterocycles. The van der Waals surface area contributed by atoms with Crippen molar-refractivity contribution in [3.8, 4) is 5.69 Å². The SMILES string of the molecule is Cc1ccc(-n2c(Sc3ccc(C(F)(F)F)nn3)nnc2N2CCCC2)cc1. The van der Waals surface area contributed by atoms with Gasteiger partial charge in [-0.1, -0.05) is 17.7 Å². The minimum Gasteiger partial charge on any atom is -0.341 e. The second kappa shape index (κ2) is 7.42. The predicted molar refractivity (Wildman–Crippen MR) is 98.7 cm³/mol. The lowest BCUT2D eigenvalue weighted by atomic mass is 10.2. The van der Waals surface area contributed by atoms with Gasteiger partial charge in [0.05, 0.1) is 5.69 Å². The van der Waals surface area contributed by atoms with Crippen LogP contribution in [0.2, 0.25) is 0 Å². The molecule has 1 aliphatic heterocycles. The molecule has 146 valence electrons. The van der Waals surface area contributed by atoms with Crippen LogP contribution < -0.4 is 4.90 Å².